The smallest absolute Gasteiger partial charge is 0.331 e. The Hall–Kier alpha value is -3.16. The van der Waals surface area contributed by atoms with Crippen molar-refractivity contribution in [1.82, 2.24) is 15.0 Å². The summed E-state index contributed by atoms with van der Waals surface area (Å²) in [5, 5.41) is 0. The molecular weight excluding hydrogens is 310 g/mol. The Bertz CT molecular complexity index is 746. The fourth-order valence-corrected chi connectivity index (χ4v) is 1.84. The molecule has 2 N–H and O–H groups in total. The number of benzene rings is 1. The minimum absolute atomic E-state index is 0.0734. The fraction of sp³-hybridized carbons (Fsp3) is 0.250. The predicted molar refractivity (Wildman–Crippen MR) is 90.4 cm³/mol. The molecule has 0 amide bonds. The van der Waals surface area contributed by atoms with E-state index >= 15 is 0 Å². The van der Waals surface area contributed by atoms with E-state index in [4.69, 9.17) is 15.2 Å². The maximum Gasteiger partial charge on any atom is 0.331 e. The van der Waals surface area contributed by atoms with Gasteiger partial charge in [-0.15, -0.1) is 0 Å². The Kier molecular flexibility index (Phi) is 5.67. The summed E-state index contributed by atoms with van der Waals surface area (Å²) in [6, 6.07) is 7.34. The molecule has 0 unspecified atom stereocenters. The van der Waals surface area contributed by atoms with Crippen molar-refractivity contribution in [2.75, 3.05) is 31.8 Å². The van der Waals surface area contributed by atoms with Gasteiger partial charge in [-0.25, -0.2) is 4.79 Å². The molecule has 0 saturated carbocycles. The van der Waals surface area contributed by atoms with Crippen molar-refractivity contribution in [2.45, 2.75) is 6.61 Å². The Morgan fingerprint density at radius 1 is 1.25 bits per heavy atom. The van der Waals surface area contributed by atoms with Gasteiger partial charge in [-0.05, 0) is 12.1 Å². The van der Waals surface area contributed by atoms with Crippen LogP contribution in [0, 0.1) is 0 Å². The lowest BCUT2D eigenvalue weighted by Crippen LogP contribution is -2.17. The number of nitrogens with zero attached hydrogens (tertiary/aromatic N) is 4. The molecule has 0 aliphatic rings. The summed E-state index contributed by atoms with van der Waals surface area (Å²) in [7, 11) is 5.12. The third-order valence-corrected chi connectivity index (χ3v) is 2.97. The average Bonchev–Trinajstić information content (AvgIpc) is 2.57. The van der Waals surface area contributed by atoms with E-state index in [0.717, 1.165) is 5.56 Å². The summed E-state index contributed by atoms with van der Waals surface area (Å²) in [6.07, 6.45) is 2.93. The second-order valence-electron chi connectivity index (χ2n) is 4.99. The molecule has 1 aromatic heterocycles. The molecule has 24 heavy (non-hydrogen) atoms. The molecule has 0 aliphatic carbocycles. The van der Waals surface area contributed by atoms with Gasteiger partial charge in [-0.3, -0.25) is 0 Å². The minimum atomic E-state index is -0.522. The van der Waals surface area contributed by atoms with Crippen LogP contribution in [0.25, 0.3) is 6.08 Å². The van der Waals surface area contributed by atoms with Gasteiger partial charge >= 0.3 is 5.97 Å². The van der Waals surface area contributed by atoms with Crippen molar-refractivity contribution in [2.24, 2.45) is 0 Å². The van der Waals surface area contributed by atoms with E-state index in [1.165, 1.54) is 6.08 Å². The molecule has 0 spiro atoms. The zero-order valence-corrected chi connectivity index (χ0v) is 13.8. The van der Waals surface area contributed by atoms with E-state index in [1.807, 2.05) is 18.2 Å². The molecule has 126 valence electrons. The number of methoxy groups -OCH3 is 1. The largest absolute Gasteiger partial charge is 0.496 e. The Morgan fingerprint density at radius 3 is 2.71 bits per heavy atom. The summed E-state index contributed by atoms with van der Waals surface area (Å²) in [4.78, 5) is 25.6. The Morgan fingerprint density at radius 2 is 2.00 bits per heavy atom. The molecule has 0 bridgehead atoms. The highest BCUT2D eigenvalue weighted by atomic mass is 16.5. The summed E-state index contributed by atoms with van der Waals surface area (Å²) < 4.78 is 10.3. The van der Waals surface area contributed by atoms with Gasteiger partial charge < -0.3 is 20.1 Å². The zero-order valence-electron chi connectivity index (χ0n) is 13.8. The highest BCUT2D eigenvalue weighted by molar-refractivity contribution is 5.87. The van der Waals surface area contributed by atoms with Crippen LogP contribution >= 0.6 is 0 Å². The maximum atomic E-state index is 11.8. The zero-order chi connectivity index (χ0) is 17.5. The Balaban J connectivity index is 1.99. The molecule has 0 fully saturated rings. The molecule has 0 atom stereocenters. The molecule has 8 nitrogen and oxygen atoms in total. The van der Waals surface area contributed by atoms with Crippen LogP contribution in [0.3, 0.4) is 0 Å². The molecule has 0 aliphatic heterocycles. The van der Waals surface area contributed by atoms with Gasteiger partial charge in [-0.1, -0.05) is 18.2 Å². The van der Waals surface area contributed by atoms with Crippen LogP contribution in [0.1, 0.15) is 11.4 Å². The van der Waals surface area contributed by atoms with E-state index in [1.54, 1.807) is 38.2 Å². The van der Waals surface area contributed by atoms with Crippen molar-refractivity contribution in [3.8, 4) is 5.75 Å². The van der Waals surface area contributed by atoms with Crippen molar-refractivity contribution in [3.63, 3.8) is 0 Å². The molecule has 2 aromatic rings. The van der Waals surface area contributed by atoms with Crippen LogP contribution in [0.15, 0.2) is 30.3 Å². The highest BCUT2D eigenvalue weighted by Crippen LogP contribution is 2.18. The maximum absolute atomic E-state index is 11.8. The van der Waals surface area contributed by atoms with Crippen molar-refractivity contribution in [1.29, 1.82) is 0 Å². The monoisotopic (exact) mass is 329 g/mol. The molecule has 8 heteroatoms. The number of carbonyl (C=O) groups excluding carboxylic acids is 1. The SMILES string of the molecule is COc1ccccc1/C=C/C(=O)OCc1nc(N)nc(N(C)C)n1. The highest BCUT2D eigenvalue weighted by Gasteiger charge is 2.08. The average molecular weight is 329 g/mol. The lowest BCUT2D eigenvalue weighted by molar-refractivity contribution is -0.139. The number of para-hydroxylation sites is 1. The van der Waals surface area contributed by atoms with E-state index < -0.39 is 5.97 Å². The third kappa shape index (κ3) is 4.67. The van der Waals surface area contributed by atoms with Gasteiger partial charge in [0.05, 0.1) is 7.11 Å². The van der Waals surface area contributed by atoms with E-state index in [-0.39, 0.29) is 18.4 Å². The van der Waals surface area contributed by atoms with E-state index in [2.05, 4.69) is 15.0 Å². The van der Waals surface area contributed by atoms with Crippen LogP contribution < -0.4 is 15.4 Å². The summed E-state index contributed by atoms with van der Waals surface area (Å²) in [6.45, 7) is -0.0946. The molecule has 2 rings (SSSR count). The number of hydrogen-bond acceptors (Lipinski definition) is 8. The van der Waals surface area contributed by atoms with Crippen LogP contribution in [-0.2, 0) is 16.1 Å². The van der Waals surface area contributed by atoms with Gasteiger partial charge in [0.2, 0.25) is 11.9 Å². The number of hydrogen-bond donors (Lipinski definition) is 1. The van der Waals surface area contributed by atoms with Gasteiger partial charge in [0.25, 0.3) is 0 Å². The van der Waals surface area contributed by atoms with E-state index in [9.17, 15) is 4.79 Å². The van der Waals surface area contributed by atoms with Crippen molar-refractivity contribution < 1.29 is 14.3 Å². The van der Waals surface area contributed by atoms with E-state index in [0.29, 0.717) is 11.7 Å². The topological polar surface area (TPSA) is 103 Å². The lowest BCUT2D eigenvalue weighted by atomic mass is 10.2. The number of aromatic nitrogens is 3. The molecule has 0 saturated heterocycles. The second-order valence-corrected chi connectivity index (χ2v) is 4.99. The van der Waals surface area contributed by atoms with Crippen molar-refractivity contribution in [3.05, 3.63) is 41.7 Å². The normalized spacial score (nSPS) is 10.6. The first-order chi connectivity index (χ1) is 11.5. The van der Waals surface area contributed by atoms with Gasteiger partial charge in [0.15, 0.2) is 12.4 Å². The fourth-order valence-electron chi connectivity index (χ4n) is 1.84. The summed E-state index contributed by atoms with van der Waals surface area (Å²) in [5.74, 6) is 0.904. The quantitative estimate of drug-likeness (QED) is 0.624. The molecular formula is C16H19N5O3. The predicted octanol–water partition coefficient (Wildman–Crippen LogP) is 1.28. The number of carbonyl (C=O) groups is 1. The first kappa shape index (κ1) is 17.2. The second kappa shape index (κ2) is 7.91. The molecule has 1 heterocycles. The first-order valence-corrected chi connectivity index (χ1v) is 7.15. The number of esters is 1. The summed E-state index contributed by atoms with van der Waals surface area (Å²) in [5.41, 5.74) is 6.39. The van der Waals surface area contributed by atoms with Crippen LogP contribution in [0.5, 0.6) is 5.75 Å². The third-order valence-electron chi connectivity index (χ3n) is 2.97. The number of rotatable bonds is 6. The van der Waals surface area contributed by atoms with Crippen molar-refractivity contribution >= 4 is 23.9 Å². The number of anilines is 2. The van der Waals surface area contributed by atoms with Gasteiger partial charge in [-0.2, -0.15) is 15.0 Å². The van der Waals surface area contributed by atoms with Gasteiger partial charge in [0.1, 0.15) is 5.75 Å². The number of ether oxygens (including phenoxy) is 2. The number of nitrogen functional groups attached to an aromatic ring is 1. The van der Waals surface area contributed by atoms with Crippen LogP contribution in [-0.4, -0.2) is 42.1 Å². The standard InChI is InChI=1S/C16H19N5O3/c1-21(2)16-19-13(18-15(17)20-16)10-24-14(22)9-8-11-6-4-5-7-12(11)23-3/h4-9H,10H2,1-3H3,(H2,17,18,19,20)/b9-8+. The minimum Gasteiger partial charge on any atom is -0.496 e. The molecule has 0 radical (unpaired) electrons. The first-order valence-electron chi connectivity index (χ1n) is 7.15. The van der Waals surface area contributed by atoms with Crippen LogP contribution in [0.2, 0.25) is 0 Å². The number of nitrogens with two attached hydrogens (primary N) is 1. The lowest BCUT2D eigenvalue weighted by Gasteiger charge is -2.11. The Labute approximate surface area is 140 Å². The summed E-state index contributed by atoms with van der Waals surface area (Å²) >= 11 is 0. The molecule has 1 aromatic carbocycles. The van der Waals surface area contributed by atoms with Gasteiger partial charge in [0, 0.05) is 25.7 Å². The van der Waals surface area contributed by atoms with Crippen LogP contribution in [0.4, 0.5) is 11.9 Å².